The van der Waals surface area contributed by atoms with Gasteiger partial charge < -0.3 is 19.9 Å². The highest BCUT2D eigenvalue weighted by Gasteiger charge is 2.28. The van der Waals surface area contributed by atoms with E-state index in [0.717, 1.165) is 16.6 Å². The number of nitrogens with one attached hydrogen (secondary N) is 1. The van der Waals surface area contributed by atoms with E-state index >= 15 is 0 Å². The molecule has 0 bridgehead atoms. The summed E-state index contributed by atoms with van der Waals surface area (Å²) in [5.74, 6) is -0.211. The van der Waals surface area contributed by atoms with E-state index in [2.05, 4.69) is 21.2 Å². The second-order valence-corrected chi connectivity index (χ2v) is 6.25. The first-order valence-electron chi connectivity index (χ1n) is 6.71. The van der Waals surface area contributed by atoms with Gasteiger partial charge in [-0.3, -0.25) is 4.79 Å². The number of hydrogen-bond donors (Lipinski definition) is 2. The summed E-state index contributed by atoms with van der Waals surface area (Å²) in [7, 11) is 1.66. The van der Waals surface area contributed by atoms with Gasteiger partial charge in [-0.15, -0.1) is 0 Å². The van der Waals surface area contributed by atoms with Crippen LogP contribution in [0.25, 0.3) is 0 Å². The van der Waals surface area contributed by atoms with Crippen molar-refractivity contribution in [3.63, 3.8) is 0 Å². The lowest BCUT2D eigenvalue weighted by Crippen LogP contribution is -2.30. The zero-order chi connectivity index (χ0) is 15.9. The zero-order valence-electron chi connectivity index (χ0n) is 12.6. The predicted octanol–water partition coefficient (Wildman–Crippen LogP) is 2.67. The Kier molecular flexibility index (Phi) is 7.14. The first-order valence-corrected chi connectivity index (χ1v) is 7.50. The summed E-state index contributed by atoms with van der Waals surface area (Å²) < 4.78 is 11.6. The Bertz CT molecular complexity index is 477. The lowest BCUT2D eigenvalue weighted by molar-refractivity contribution is -0.148. The van der Waals surface area contributed by atoms with E-state index in [1.165, 1.54) is 0 Å². The number of aliphatic carboxylic acids is 1. The van der Waals surface area contributed by atoms with Gasteiger partial charge in [0, 0.05) is 24.7 Å². The summed E-state index contributed by atoms with van der Waals surface area (Å²) in [6.45, 7) is 5.51. The monoisotopic (exact) mass is 359 g/mol. The molecule has 0 aliphatic rings. The molecule has 0 heterocycles. The maximum atomic E-state index is 11.1. The smallest absolute Gasteiger partial charge is 0.312 e. The van der Waals surface area contributed by atoms with Crippen molar-refractivity contribution in [3.05, 3.63) is 28.2 Å². The minimum Gasteiger partial charge on any atom is -0.492 e. The Morgan fingerprint density at radius 2 is 2.14 bits per heavy atom. The molecule has 0 unspecified atom stereocenters. The van der Waals surface area contributed by atoms with E-state index in [4.69, 9.17) is 14.6 Å². The number of hydrogen-bond acceptors (Lipinski definition) is 4. The van der Waals surface area contributed by atoms with Crippen LogP contribution < -0.4 is 10.1 Å². The van der Waals surface area contributed by atoms with Gasteiger partial charge in [-0.05, 0) is 37.6 Å². The molecule has 0 aliphatic heterocycles. The number of ether oxygens (including phenoxy) is 2. The van der Waals surface area contributed by atoms with Crippen LogP contribution in [0.4, 0.5) is 0 Å². The second kappa shape index (κ2) is 8.36. The average Bonchev–Trinajstić information content (AvgIpc) is 2.43. The van der Waals surface area contributed by atoms with Crippen molar-refractivity contribution in [2.75, 3.05) is 26.9 Å². The molecule has 0 aromatic heterocycles. The van der Waals surface area contributed by atoms with Gasteiger partial charge >= 0.3 is 5.97 Å². The van der Waals surface area contributed by atoms with E-state index < -0.39 is 11.4 Å². The minimum absolute atomic E-state index is 0.126. The van der Waals surface area contributed by atoms with Crippen molar-refractivity contribution in [1.29, 1.82) is 0 Å². The molecule has 1 aromatic carbocycles. The number of carbonyl (C=O) groups is 1. The highest BCUT2D eigenvalue weighted by atomic mass is 79.9. The average molecular weight is 360 g/mol. The van der Waals surface area contributed by atoms with Crippen LogP contribution in [0.2, 0.25) is 0 Å². The third-order valence-electron chi connectivity index (χ3n) is 2.99. The van der Waals surface area contributed by atoms with Gasteiger partial charge in [-0.25, -0.2) is 0 Å². The molecule has 6 heteroatoms. The van der Waals surface area contributed by atoms with Gasteiger partial charge in [0.05, 0.1) is 12.0 Å². The molecule has 21 heavy (non-hydrogen) atoms. The molecule has 0 amide bonds. The molecular weight excluding hydrogens is 338 g/mol. The van der Waals surface area contributed by atoms with E-state index in [0.29, 0.717) is 18.9 Å². The quantitative estimate of drug-likeness (QED) is 0.663. The van der Waals surface area contributed by atoms with Crippen LogP contribution in [0, 0.1) is 5.41 Å². The summed E-state index contributed by atoms with van der Waals surface area (Å²) in [6.07, 6.45) is 0. The Morgan fingerprint density at radius 3 is 2.76 bits per heavy atom. The number of carboxylic acid groups (broad SMARTS) is 1. The van der Waals surface area contributed by atoms with Crippen LogP contribution in [0.1, 0.15) is 19.4 Å². The lowest BCUT2D eigenvalue weighted by Gasteiger charge is -2.20. The molecule has 1 rings (SSSR count). The molecular formula is C15H22BrNO4. The zero-order valence-corrected chi connectivity index (χ0v) is 14.2. The third-order valence-corrected chi connectivity index (χ3v) is 3.77. The normalized spacial score (nSPS) is 11.4. The van der Waals surface area contributed by atoms with Crippen LogP contribution in [0.5, 0.6) is 5.75 Å². The molecule has 2 N–H and O–H groups in total. The first kappa shape index (κ1) is 17.9. The summed E-state index contributed by atoms with van der Waals surface area (Å²) in [4.78, 5) is 11.1. The SMILES string of the molecule is COCCNCc1cc(OCC(C)(C)C(=O)O)ccc1Br. The van der Waals surface area contributed by atoms with Crippen LogP contribution >= 0.6 is 15.9 Å². The highest BCUT2D eigenvalue weighted by Crippen LogP contribution is 2.24. The molecule has 1 aromatic rings. The largest absolute Gasteiger partial charge is 0.492 e. The van der Waals surface area contributed by atoms with E-state index in [1.807, 2.05) is 18.2 Å². The van der Waals surface area contributed by atoms with Crippen molar-refractivity contribution < 1.29 is 19.4 Å². The van der Waals surface area contributed by atoms with E-state index in [-0.39, 0.29) is 6.61 Å². The van der Waals surface area contributed by atoms with Gasteiger partial charge in [0.2, 0.25) is 0 Å². The van der Waals surface area contributed by atoms with Crippen LogP contribution in [0.15, 0.2) is 22.7 Å². The predicted molar refractivity (Wildman–Crippen MR) is 84.6 cm³/mol. The lowest BCUT2D eigenvalue weighted by atomic mass is 9.95. The Labute approximate surface area is 133 Å². The summed E-state index contributed by atoms with van der Waals surface area (Å²) in [5, 5.41) is 12.3. The molecule has 0 saturated heterocycles. The first-order chi connectivity index (χ1) is 9.86. The number of methoxy groups -OCH3 is 1. The fourth-order valence-electron chi connectivity index (χ4n) is 1.50. The minimum atomic E-state index is -0.913. The second-order valence-electron chi connectivity index (χ2n) is 5.40. The molecule has 0 atom stereocenters. The van der Waals surface area contributed by atoms with Crippen LogP contribution in [-0.4, -0.2) is 37.9 Å². The van der Waals surface area contributed by atoms with Crippen molar-refractivity contribution in [3.8, 4) is 5.75 Å². The molecule has 0 radical (unpaired) electrons. The summed E-state index contributed by atoms with van der Waals surface area (Å²) in [6, 6.07) is 5.62. The van der Waals surface area contributed by atoms with Crippen molar-refractivity contribution >= 4 is 21.9 Å². The number of halogens is 1. The van der Waals surface area contributed by atoms with Crippen LogP contribution in [-0.2, 0) is 16.1 Å². The summed E-state index contributed by atoms with van der Waals surface area (Å²) in [5.41, 5.74) is 0.140. The van der Waals surface area contributed by atoms with Gasteiger partial charge in [0.1, 0.15) is 12.4 Å². The van der Waals surface area contributed by atoms with Gasteiger partial charge in [0.15, 0.2) is 0 Å². The van der Waals surface area contributed by atoms with E-state index in [1.54, 1.807) is 21.0 Å². The fourth-order valence-corrected chi connectivity index (χ4v) is 1.89. The van der Waals surface area contributed by atoms with Crippen molar-refractivity contribution in [2.24, 2.45) is 5.41 Å². The number of carboxylic acids is 1. The third kappa shape index (κ3) is 6.03. The van der Waals surface area contributed by atoms with Crippen molar-refractivity contribution in [1.82, 2.24) is 5.32 Å². The van der Waals surface area contributed by atoms with E-state index in [9.17, 15) is 4.79 Å². The summed E-state index contributed by atoms with van der Waals surface area (Å²) >= 11 is 3.49. The molecule has 5 nitrogen and oxygen atoms in total. The number of rotatable bonds is 9. The van der Waals surface area contributed by atoms with Crippen LogP contribution in [0.3, 0.4) is 0 Å². The molecule has 0 aliphatic carbocycles. The standard InChI is InChI=1S/C15H22BrNO4/c1-15(2,14(18)19)10-21-12-4-5-13(16)11(8-12)9-17-6-7-20-3/h4-5,8,17H,6-7,9-10H2,1-3H3,(H,18,19). The topological polar surface area (TPSA) is 67.8 Å². The highest BCUT2D eigenvalue weighted by molar-refractivity contribution is 9.10. The molecule has 0 saturated carbocycles. The maximum absolute atomic E-state index is 11.1. The Morgan fingerprint density at radius 1 is 1.43 bits per heavy atom. The number of benzene rings is 1. The van der Waals surface area contributed by atoms with Gasteiger partial charge in [0.25, 0.3) is 0 Å². The molecule has 0 spiro atoms. The molecule has 118 valence electrons. The maximum Gasteiger partial charge on any atom is 0.312 e. The Hall–Kier alpha value is -1.11. The Balaban J connectivity index is 2.62. The molecule has 0 fully saturated rings. The fraction of sp³-hybridized carbons (Fsp3) is 0.533. The van der Waals surface area contributed by atoms with Crippen molar-refractivity contribution in [2.45, 2.75) is 20.4 Å². The van der Waals surface area contributed by atoms with Gasteiger partial charge in [-0.2, -0.15) is 0 Å². The van der Waals surface area contributed by atoms with Gasteiger partial charge in [-0.1, -0.05) is 15.9 Å².